The topological polar surface area (TPSA) is 69.0 Å². The van der Waals surface area contributed by atoms with Crippen LogP contribution in [0.2, 0.25) is 0 Å². The van der Waals surface area contributed by atoms with Crippen molar-refractivity contribution in [1.29, 1.82) is 0 Å². The second-order valence-electron chi connectivity index (χ2n) is 8.06. The second kappa shape index (κ2) is 10.9. The molecule has 1 aliphatic carbocycles. The lowest BCUT2D eigenvalue weighted by Crippen LogP contribution is -2.26. The highest BCUT2D eigenvalue weighted by molar-refractivity contribution is 7.99. The summed E-state index contributed by atoms with van der Waals surface area (Å²) in [5.41, 5.74) is 2.25. The smallest absolute Gasteiger partial charge is 0.230 e. The first-order valence-corrected chi connectivity index (χ1v) is 12.1. The molecule has 0 saturated carbocycles. The third-order valence-corrected chi connectivity index (χ3v) is 6.68. The fourth-order valence-corrected chi connectivity index (χ4v) is 4.82. The van der Waals surface area contributed by atoms with Gasteiger partial charge in [-0.3, -0.25) is 9.36 Å². The lowest BCUT2D eigenvalue weighted by Gasteiger charge is -2.15. The largest absolute Gasteiger partial charge is 0.376 e. The molecule has 1 aliphatic heterocycles. The van der Waals surface area contributed by atoms with Crippen LogP contribution >= 0.6 is 11.8 Å². The summed E-state index contributed by atoms with van der Waals surface area (Å²) in [7, 11) is 0. The van der Waals surface area contributed by atoms with E-state index in [1.165, 1.54) is 42.3 Å². The average molecular weight is 445 g/mol. The number of nitrogens with one attached hydrogen (secondary N) is 1. The normalized spacial score (nSPS) is 18.7. The molecule has 1 N–H and O–H groups in total. The first-order valence-electron chi connectivity index (χ1n) is 11.1. The molecule has 2 aliphatic rings. The summed E-state index contributed by atoms with van der Waals surface area (Å²) in [6.07, 6.45) is 10.2. The van der Waals surface area contributed by atoms with E-state index in [4.69, 9.17) is 4.74 Å². The quantitative estimate of drug-likeness (QED) is 0.460. The molecule has 166 valence electrons. The number of allylic oxidation sites excluding steroid dienone is 1. The fraction of sp³-hybridized carbons (Fsp3) is 0.522. The molecular weight excluding hydrogens is 415 g/mol. The van der Waals surface area contributed by atoms with Crippen molar-refractivity contribution in [2.75, 3.05) is 18.9 Å². The van der Waals surface area contributed by atoms with Crippen molar-refractivity contribution < 1.29 is 13.9 Å². The molecule has 4 rings (SSSR count). The summed E-state index contributed by atoms with van der Waals surface area (Å²) >= 11 is 1.38. The average Bonchev–Trinajstić information content (AvgIpc) is 3.44. The highest BCUT2D eigenvalue weighted by Gasteiger charge is 2.22. The van der Waals surface area contributed by atoms with Crippen LogP contribution in [0.3, 0.4) is 0 Å². The Hall–Kier alpha value is -2.19. The molecule has 31 heavy (non-hydrogen) atoms. The van der Waals surface area contributed by atoms with Gasteiger partial charge in [0.05, 0.1) is 18.4 Å². The van der Waals surface area contributed by atoms with Crippen molar-refractivity contribution >= 4 is 17.7 Å². The van der Waals surface area contributed by atoms with E-state index in [-0.39, 0.29) is 23.6 Å². The minimum absolute atomic E-state index is 0.00333. The number of nitrogens with zero attached hydrogens (tertiary/aromatic N) is 3. The van der Waals surface area contributed by atoms with Crippen LogP contribution in [-0.4, -0.2) is 45.7 Å². The molecule has 2 heterocycles. The number of carbonyl (C=O) groups excluding carboxylic acids is 1. The van der Waals surface area contributed by atoms with Gasteiger partial charge < -0.3 is 10.1 Å². The fourth-order valence-electron chi connectivity index (χ4n) is 4.04. The van der Waals surface area contributed by atoms with Gasteiger partial charge >= 0.3 is 0 Å². The predicted octanol–water partition coefficient (Wildman–Crippen LogP) is 4.36. The summed E-state index contributed by atoms with van der Waals surface area (Å²) in [5, 5.41) is 12.3. The molecule has 1 fully saturated rings. The van der Waals surface area contributed by atoms with Gasteiger partial charge in [-0.2, -0.15) is 0 Å². The van der Waals surface area contributed by atoms with E-state index in [9.17, 15) is 9.18 Å². The number of aromatic nitrogens is 3. The maximum atomic E-state index is 13.4. The van der Waals surface area contributed by atoms with Crippen LogP contribution in [0.4, 0.5) is 4.39 Å². The SMILES string of the molecule is O=C(CSc1nnc(-c2ccc(F)cc2)n1C[C@@H]1CCCO1)NCCC1=CCCCC1. The Balaban J connectivity index is 1.37. The number of thioether (sulfide) groups is 1. The van der Waals surface area contributed by atoms with Crippen LogP contribution in [0.15, 0.2) is 41.1 Å². The first-order chi connectivity index (χ1) is 15.2. The Bertz CT molecular complexity index is 907. The number of amides is 1. The van der Waals surface area contributed by atoms with Gasteiger partial charge in [0, 0.05) is 18.7 Å². The molecule has 0 unspecified atom stereocenters. The van der Waals surface area contributed by atoms with Gasteiger partial charge in [0.15, 0.2) is 11.0 Å². The summed E-state index contributed by atoms with van der Waals surface area (Å²) in [4.78, 5) is 12.4. The Kier molecular flexibility index (Phi) is 7.75. The lowest BCUT2D eigenvalue weighted by molar-refractivity contribution is -0.118. The summed E-state index contributed by atoms with van der Waals surface area (Å²) in [6.45, 7) is 2.06. The number of hydrogen-bond donors (Lipinski definition) is 1. The maximum absolute atomic E-state index is 13.4. The Labute approximate surface area is 186 Å². The third kappa shape index (κ3) is 6.17. The highest BCUT2D eigenvalue weighted by atomic mass is 32.2. The monoisotopic (exact) mass is 444 g/mol. The zero-order chi connectivity index (χ0) is 21.5. The molecule has 0 spiro atoms. The van der Waals surface area contributed by atoms with Gasteiger partial charge in [-0.1, -0.05) is 23.4 Å². The Morgan fingerprint density at radius 2 is 2.10 bits per heavy atom. The summed E-state index contributed by atoms with van der Waals surface area (Å²) in [5.74, 6) is 0.662. The maximum Gasteiger partial charge on any atom is 0.230 e. The van der Waals surface area contributed by atoms with Crippen molar-refractivity contribution in [2.24, 2.45) is 0 Å². The van der Waals surface area contributed by atoms with Crippen LogP contribution in [0.1, 0.15) is 44.9 Å². The van der Waals surface area contributed by atoms with E-state index in [2.05, 4.69) is 21.6 Å². The van der Waals surface area contributed by atoms with Crippen molar-refractivity contribution in [3.05, 3.63) is 41.7 Å². The van der Waals surface area contributed by atoms with Gasteiger partial charge in [-0.15, -0.1) is 10.2 Å². The van der Waals surface area contributed by atoms with Gasteiger partial charge in [0.2, 0.25) is 5.91 Å². The minimum atomic E-state index is -0.288. The number of ether oxygens (including phenoxy) is 1. The molecule has 0 radical (unpaired) electrons. The number of benzene rings is 1. The van der Waals surface area contributed by atoms with Crippen molar-refractivity contribution in [3.63, 3.8) is 0 Å². The summed E-state index contributed by atoms with van der Waals surface area (Å²) < 4.78 is 21.1. The van der Waals surface area contributed by atoms with Crippen molar-refractivity contribution in [3.8, 4) is 11.4 Å². The van der Waals surface area contributed by atoms with Crippen LogP contribution in [0.5, 0.6) is 0 Å². The first kappa shape index (κ1) is 22.0. The lowest BCUT2D eigenvalue weighted by atomic mass is 9.97. The van der Waals surface area contributed by atoms with Crippen molar-refractivity contribution in [2.45, 2.75) is 62.8 Å². The van der Waals surface area contributed by atoms with E-state index in [1.54, 1.807) is 12.1 Å². The molecule has 1 aromatic heterocycles. The van der Waals surface area contributed by atoms with Gasteiger partial charge in [-0.25, -0.2) is 4.39 Å². The van der Waals surface area contributed by atoms with E-state index in [1.807, 2.05) is 4.57 Å². The molecule has 6 nitrogen and oxygen atoms in total. The van der Waals surface area contributed by atoms with E-state index in [0.29, 0.717) is 24.1 Å². The molecule has 2 aromatic rings. The number of hydrogen-bond acceptors (Lipinski definition) is 5. The third-order valence-electron chi connectivity index (χ3n) is 5.72. The van der Waals surface area contributed by atoms with Gasteiger partial charge in [0.25, 0.3) is 0 Å². The molecule has 8 heteroatoms. The number of halogens is 1. The molecule has 1 atom stereocenters. The van der Waals surface area contributed by atoms with Crippen molar-refractivity contribution in [1.82, 2.24) is 20.1 Å². The molecule has 0 bridgehead atoms. The van der Waals surface area contributed by atoms with E-state index in [0.717, 1.165) is 44.3 Å². The van der Waals surface area contributed by atoms with Crippen LogP contribution in [0, 0.1) is 5.82 Å². The van der Waals surface area contributed by atoms with Gasteiger partial charge in [-0.05, 0) is 69.2 Å². The molecular formula is C23H29FN4O2S. The van der Waals surface area contributed by atoms with Crippen LogP contribution < -0.4 is 5.32 Å². The molecule has 1 aromatic carbocycles. The van der Waals surface area contributed by atoms with E-state index >= 15 is 0 Å². The second-order valence-corrected chi connectivity index (χ2v) is 9.00. The Morgan fingerprint density at radius 3 is 2.84 bits per heavy atom. The summed E-state index contributed by atoms with van der Waals surface area (Å²) in [6, 6.07) is 6.24. The Morgan fingerprint density at radius 1 is 1.23 bits per heavy atom. The molecule has 1 amide bonds. The predicted molar refractivity (Wildman–Crippen MR) is 119 cm³/mol. The van der Waals surface area contributed by atoms with E-state index < -0.39 is 0 Å². The zero-order valence-electron chi connectivity index (χ0n) is 17.7. The number of carbonyl (C=O) groups is 1. The van der Waals surface area contributed by atoms with Crippen LogP contribution in [-0.2, 0) is 16.1 Å². The standard InChI is InChI=1S/C23H29FN4O2S/c24-19-10-8-18(9-11-19)22-26-27-23(28(22)15-20-7-4-14-30-20)31-16-21(29)25-13-12-17-5-2-1-3-6-17/h5,8-11,20H,1-4,6-7,12-16H2,(H,25,29)/t20-/m0/s1. The number of rotatable bonds is 9. The van der Waals surface area contributed by atoms with Gasteiger partial charge in [0.1, 0.15) is 5.82 Å². The van der Waals surface area contributed by atoms with Crippen LogP contribution in [0.25, 0.3) is 11.4 Å². The zero-order valence-corrected chi connectivity index (χ0v) is 18.5. The minimum Gasteiger partial charge on any atom is -0.376 e. The highest BCUT2D eigenvalue weighted by Crippen LogP contribution is 2.27. The molecule has 1 saturated heterocycles.